The van der Waals surface area contributed by atoms with Crippen molar-refractivity contribution in [3.05, 3.63) is 199 Å². The molecule has 8 aromatic rings. The van der Waals surface area contributed by atoms with Crippen molar-refractivity contribution in [3.8, 4) is 45.3 Å². The van der Waals surface area contributed by atoms with Crippen molar-refractivity contribution in [3.63, 3.8) is 0 Å². The highest BCUT2D eigenvalue weighted by Crippen LogP contribution is 2.27. The molecule has 0 unspecified atom stereocenters. The summed E-state index contributed by atoms with van der Waals surface area (Å²) in [5.41, 5.74) is 5.15. The van der Waals surface area contributed by atoms with Gasteiger partial charge < -0.3 is 0 Å². The lowest BCUT2D eigenvalue weighted by atomic mass is 10.0. The van der Waals surface area contributed by atoms with Gasteiger partial charge in [0, 0.05) is 21.2 Å². The number of aromatic nitrogens is 3. The first-order valence-corrected chi connectivity index (χ1v) is 19.4. The van der Waals surface area contributed by atoms with Gasteiger partial charge in [0.05, 0.1) is 0 Å². The van der Waals surface area contributed by atoms with Crippen LogP contribution in [0.15, 0.2) is 199 Å². The summed E-state index contributed by atoms with van der Waals surface area (Å²) in [5, 5.41) is 5.36. The summed E-state index contributed by atoms with van der Waals surface area (Å²) < 4.78 is 1.07. The number of hydrogen-bond acceptors (Lipinski definition) is 3. The third-order valence-corrected chi connectivity index (χ3v) is 14.5. The molecule has 0 saturated heterocycles. The molecule has 0 bridgehead atoms. The minimum absolute atomic E-state index is 0.646. The Morgan fingerprint density at radius 1 is 0.300 bits per heavy atom. The molecule has 0 amide bonds. The van der Waals surface area contributed by atoms with Gasteiger partial charge in [0.2, 0.25) is 0 Å². The normalized spacial score (nSPS) is 11.3. The lowest BCUT2D eigenvalue weighted by molar-refractivity contribution is 1.07. The van der Waals surface area contributed by atoms with Crippen LogP contribution in [0.3, 0.4) is 0 Å². The van der Waals surface area contributed by atoms with E-state index in [0.717, 1.165) is 26.7 Å². The second kappa shape index (κ2) is 14.0. The van der Waals surface area contributed by atoms with Crippen LogP contribution >= 0.6 is 15.9 Å². The van der Waals surface area contributed by atoms with Gasteiger partial charge in [-0.3, -0.25) is 0 Å². The summed E-state index contributed by atoms with van der Waals surface area (Å²) in [6.07, 6.45) is 0. The average molecular weight is 723 g/mol. The molecule has 0 aliphatic carbocycles. The molecule has 0 atom stereocenters. The van der Waals surface area contributed by atoms with E-state index in [4.69, 9.17) is 15.0 Å². The molecule has 0 fully saturated rings. The minimum Gasteiger partial charge on any atom is -0.208 e. The fourth-order valence-corrected chi connectivity index (χ4v) is 11.8. The Morgan fingerprint density at radius 2 is 0.660 bits per heavy atom. The van der Waals surface area contributed by atoms with Crippen molar-refractivity contribution in [1.29, 1.82) is 0 Å². The molecule has 238 valence electrons. The van der Waals surface area contributed by atoms with E-state index in [9.17, 15) is 0 Å². The first-order chi connectivity index (χ1) is 24.7. The summed E-state index contributed by atoms with van der Waals surface area (Å²) in [5.74, 6) is 1.96. The summed E-state index contributed by atoms with van der Waals surface area (Å²) >= 11 is 3.68. The summed E-state index contributed by atoms with van der Waals surface area (Å²) in [6.45, 7) is 0. The topological polar surface area (TPSA) is 38.7 Å². The second-order valence-corrected chi connectivity index (χ2v) is 16.9. The summed E-state index contributed by atoms with van der Waals surface area (Å²) in [4.78, 5) is 14.7. The van der Waals surface area contributed by atoms with Crippen LogP contribution in [-0.2, 0) is 0 Å². The maximum absolute atomic E-state index is 4.94. The van der Waals surface area contributed by atoms with Gasteiger partial charge >= 0.3 is 0 Å². The highest BCUT2D eigenvalue weighted by atomic mass is 79.9. The Labute approximate surface area is 302 Å². The van der Waals surface area contributed by atoms with E-state index >= 15 is 0 Å². The summed E-state index contributed by atoms with van der Waals surface area (Å²) in [7, 11) is -2.68. The standard InChI is InChI=1S/C45H32BrN3Si/c46-38-28-30-41(31-29-38)50(39-19-9-3-10-20-39,40-21-11-4-12-22-40)42-23-13-18-37(32-42)33-24-26-36(27-25-33)45-48-43(34-14-5-1-6-15-34)47-44(49-45)35-16-7-2-8-17-35/h1-32H. The molecule has 3 nitrogen and oxygen atoms in total. The molecule has 1 heterocycles. The van der Waals surface area contributed by atoms with Gasteiger partial charge in [-0.15, -0.1) is 0 Å². The van der Waals surface area contributed by atoms with Gasteiger partial charge in [0.1, 0.15) is 0 Å². The first kappa shape index (κ1) is 31.5. The van der Waals surface area contributed by atoms with E-state index in [2.05, 4.69) is 149 Å². The zero-order valence-corrected chi connectivity index (χ0v) is 29.8. The zero-order valence-electron chi connectivity index (χ0n) is 27.2. The molecule has 7 aromatic carbocycles. The molecule has 1 aromatic heterocycles. The van der Waals surface area contributed by atoms with Crippen molar-refractivity contribution in [1.82, 2.24) is 15.0 Å². The molecule has 0 N–H and O–H groups in total. The quantitative estimate of drug-likeness (QED) is 0.116. The van der Waals surface area contributed by atoms with Gasteiger partial charge in [-0.2, -0.15) is 0 Å². The fourth-order valence-electron chi connectivity index (χ4n) is 6.76. The van der Waals surface area contributed by atoms with Gasteiger partial charge in [-0.25, -0.2) is 15.0 Å². The molecule has 50 heavy (non-hydrogen) atoms. The SMILES string of the molecule is Brc1ccc([Si](c2ccccc2)(c2ccccc2)c2cccc(-c3ccc(-c4nc(-c5ccccc5)nc(-c5ccccc5)n4)cc3)c2)cc1. The molecule has 8 rings (SSSR count). The Hall–Kier alpha value is -5.75. The Kier molecular flexibility index (Phi) is 8.82. The van der Waals surface area contributed by atoms with E-state index in [0.29, 0.717) is 17.5 Å². The van der Waals surface area contributed by atoms with E-state index in [1.807, 2.05) is 60.7 Å². The molecule has 0 aliphatic heterocycles. The van der Waals surface area contributed by atoms with Crippen molar-refractivity contribution >= 4 is 44.8 Å². The lowest BCUT2D eigenvalue weighted by Gasteiger charge is -2.34. The van der Waals surface area contributed by atoms with Crippen molar-refractivity contribution < 1.29 is 0 Å². The highest BCUT2D eigenvalue weighted by Gasteiger charge is 2.41. The monoisotopic (exact) mass is 721 g/mol. The maximum Gasteiger partial charge on any atom is 0.179 e. The van der Waals surface area contributed by atoms with Crippen LogP contribution in [0.2, 0.25) is 0 Å². The third kappa shape index (κ3) is 6.13. The van der Waals surface area contributed by atoms with Crippen molar-refractivity contribution in [2.24, 2.45) is 0 Å². The third-order valence-electron chi connectivity index (χ3n) is 9.16. The van der Waals surface area contributed by atoms with Gasteiger partial charge in [-0.05, 0) is 44.0 Å². The molecule has 0 spiro atoms. The number of nitrogens with zero attached hydrogens (tertiary/aromatic N) is 3. The van der Waals surface area contributed by atoms with Gasteiger partial charge in [0.15, 0.2) is 25.5 Å². The Balaban J connectivity index is 1.24. The smallest absolute Gasteiger partial charge is 0.179 e. The van der Waals surface area contributed by atoms with Crippen molar-refractivity contribution in [2.75, 3.05) is 0 Å². The number of rotatable bonds is 8. The van der Waals surface area contributed by atoms with Gasteiger partial charge in [0.25, 0.3) is 0 Å². The molecule has 0 saturated carbocycles. The molecular formula is C45H32BrN3Si. The van der Waals surface area contributed by atoms with Gasteiger partial charge in [-0.1, -0.05) is 198 Å². The second-order valence-electron chi connectivity index (χ2n) is 12.2. The van der Waals surface area contributed by atoms with E-state index in [1.54, 1.807) is 0 Å². The lowest BCUT2D eigenvalue weighted by Crippen LogP contribution is -2.74. The molecule has 5 heteroatoms. The average Bonchev–Trinajstić information content (AvgIpc) is 3.20. The van der Waals surface area contributed by atoms with Crippen LogP contribution < -0.4 is 20.7 Å². The maximum atomic E-state index is 4.94. The minimum atomic E-state index is -2.68. The first-order valence-electron chi connectivity index (χ1n) is 16.6. The zero-order chi connectivity index (χ0) is 33.8. The fraction of sp³-hybridized carbons (Fsp3) is 0. The Bertz CT molecular complexity index is 2250. The number of hydrogen-bond donors (Lipinski definition) is 0. The van der Waals surface area contributed by atoms with Crippen LogP contribution in [0, 0.1) is 0 Å². The number of benzene rings is 7. The molecule has 0 aliphatic rings. The van der Waals surface area contributed by atoms with Crippen LogP contribution in [0.4, 0.5) is 0 Å². The van der Waals surface area contributed by atoms with E-state index in [-0.39, 0.29) is 0 Å². The molecule has 0 radical (unpaired) electrons. The van der Waals surface area contributed by atoms with Crippen LogP contribution in [0.1, 0.15) is 0 Å². The predicted octanol–water partition coefficient (Wildman–Crippen LogP) is 8.68. The predicted molar refractivity (Wildman–Crippen MR) is 213 cm³/mol. The van der Waals surface area contributed by atoms with Crippen LogP contribution in [0.5, 0.6) is 0 Å². The van der Waals surface area contributed by atoms with Crippen molar-refractivity contribution in [2.45, 2.75) is 0 Å². The highest BCUT2D eigenvalue weighted by molar-refractivity contribution is 9.10. The van der Waals surface area contributed by atoms with Crippen LogP contribution in [0.25, 0.3) is 45.3 Å². The molecular weight excluding hydrogens is 691 g/mol. The van der Waals surface area contributed by atoms with Crippen LogP contribution in [-0.4, -0.2) is 23.0 Å². The number of halogens is 1. The largest absolute Gasteiger partial charge is 0.208 e. The van der Waals surface area contributed by atoms with E-state index in [1.165, 1.54) is 26.3 Å². The Morgan fingerprint density at radius 3 is 1.14 bits per heavy atom. The summed E-state index contributed by atoms with van der Waals surface area (Å²) in [6, 6.07) is 68.8. The van der Waals surface area contributed by atoms with E-state index < -0.39 is 8.07 Å².